The lowest BCUT2D eigenvalue weighted by Crippen LogP contribution is -2.54. The average molecular weight is 709 g/mol. The molecule has 0 aliphatic heterocycles. The lowest BCUT2D eigenvalue weighted by Gasteiger charge is -2.34. The minimum Gasteiger partial charge on any atom is -0.497 e. The number of ether oxygens (including phenoxy) is 1. The van der Waals surface area contributed by atoms with Crippen LogP contribution >= 0.6 is 23.2 Å². The van der Waals surface area contributed by atoms with Crippen molar-refractivity contribution in [3.05, 3.63) is 124 Å². The summed E-state index contributed by atoms with van der Waals surface area (Å²) in [6, 6.07) is 26.7. The van der Waals surface area contributed by atoms with Gasteiger partial charge in [0.2, 0.25) is 11.8 Å². The second-order valence-electron chi connectivity index (χ2n) is 12.0. The number of carbonyl (C=O) groups is 2. The maximum absolute atomic E-state index is 14.7. The monoisotopic (exact) mass is 707 g/mol. The van der Waals surface area contributed by atoms with Crippen molar-refractivity contribution in [3.63, 3.8) is 0 Å². The molecule has 4 aromatic carbocycles. The van der Waals surface area contributed by atoms with Crippen LogP contribution in [0.2, 0.25) is 10.0 Å². The van der Waals surface area contributed by atoms with Crippen molar-refractivity contribution in [2.75, 3.05) is 18.0 Å². The summed E-state index contributed by atoms with van der Waals surface area (Å²) >= 11 is 13.0. The van der Waals surface area contributed by atoms with Crippen molar-refractivity contribution in [2.24, 2.45) is 0 Å². The van der Waals surface area contributed by atoms with Gasteiger partial charge in [-0.2, -0.15) is 0 Å². The highest BCUT2D eigenvalue weighted by Gasteiger charge is 2.36. The largest absolute Gasteiger partial charge is 0.497 e. The molecule has 2 amide bonds. The molecule has 0 spiro atoms. The number of amides is 2. The van der Waals surface area contributed by atoms with Crippen LogP contribution in [-0.2, 0) is 32.6 Å². The van der Waals surface area contributed by atoms with Gasteiger partial charge in [-0.05, 0) is 67.3 Å². The number of nitrogens with one attached hydrogen (secondary N) is 1. The van der Waals surface area contributed by atoms with Crippen LogP contribution < -0.4 is 14.4 Å². The van der Waals surface area contributed by atoms with E-state index >= 15 is 0 Å². The van der Waals surface area contributed by atoms with Crippen molar-refractivity contribution >= 4 is 50.7 Å². The first-order chi connectivity index (χ1) is 23.1. The van der Waals surface area contributed by atoms with Gasteiger partial charge in [0.1, 0.15) is 18.3 Å². The Morgan fingerprint density at radius 1 is 0.896 bits per heavy atom. The van der Waals surface area contributed by atoms with E-state index in [4.69, 9.17) is 27.9 Å². The summed E-state index contributed by atoms with van der Waals surface area (Å²) < 4.78 is 35.0. The Morgan fingerprint density at radius 2 is 1.56 bits per heavy atom. The highest BCUT2D eigenvalue weighted by Crippen LogP contribution is 2.36. The van der Waals surface area contributed by atoms with Gasteiger partial charge in [0.15, 0.2) is 0 Å². The number of hydrogen-bond acceptors (Lipinski definition) is 5. The maximum Gasteiger partial charge on any atom is 0.264 e. The van der Waals surface area contributed by atoms with Crippen LogP contribution in [0.3, 0.4) is 0 Å². The fourth-order valence-corrected chi connectivity index (χ4v) is 7.80. The van der Waals surface area contributed by atoms with Gasteiger partial charge in [-0.3, -0.25) is 13.9 Å². The quantitative estimate of drug-likeness (QED) is 0.159. The van der Waals surface area contributed by atoms with Crippen molar-refractivity contribution < 1.29 is 22.7 Å². The lowest BCUT2D eigenvalue weighted by molar-refractivity contribution is -0.140. The molecule has 1 N–H and O–H groups in total. The zero-order valence-corrected chi connectivity index (χ0v) is 29.3. The fourth-order valence-electron chi connectivity index (χ4n) is 5.92. The molecule has 1 saturated carbocycles. The number of anilines is 1. The Labute approximate surface area is 292 Å². The third kappa shape index (κ3) is 8.50. The van der Waals surface area contributed by atoms with Gasteiger partial charge in [-0.25, -0.2) is 8.42 Å². The summed E-state index contributed by atoms with van der Waals surface area (Å²) in [5, 5.41) is 3.30. The molecule has 1 aliphatic rings. The van der Waals surface area contributed by atoms with Crippen LogP contribution in [0.5, 0.6) is 5.75 Å². The van der Waals surface area contributed by atoms with Gasteiger partial charge in [0.25, 0.3) is 10.0 Å². The minimum absolute atomic E-state index is 0.00762. The molecule has 1 fully saturated rings. The Hall–Kier alpha value is -4.05. The molecular formula is C37H39Cl2N3O5S. The van der Waals surface area contributed by atoms with Crippen LogP contribution in [-0.4, -0.2) is 50.9 Å². The smallest absolute Gasteiger partial charge is 0.264 e. The number of benzene rings is 4. The van der Waals surface area contributed by atoms with E-state index in [9.17, 15) is 18.0 Å². The van der Waals surface area contributed by atoms with E-state index in [1.54, 1.807) is 43.5 Å². The zero-order chi connectivity index (χ0) is 34.3. The predicted molar refractivity (Wildman–Crippen MR) is 190 cm³/mol. The second-order valence-corrected chi connectivity index (χ2v) is 14.6. The minimum atomic E-state index is -4.32. The van der Waals surface area contributed by atoms with E-state index in [1.807, 2.05) is 49.4 Å². The Bertz CT molecular complexity index is 1830. The number of carbonyl (C=O) groups excluding carboxylic acids is 2. The van der Waals surface area contributed by atoms with Crippen LogP contribution in [0, 0.1) is 6.92 Å². The first kappa shape index (κ1) is 35.3. The van der Waals surface area contributed by atoms with Gasteiger partial charge < -0.3 is 15.0 Å². The number of hydrogen-bond donors (Lipinski definition) is 1. The molecule has 1 aliphatic carbocycles. The average Bonchev–Trinajstić information content (AvgIpc) is 3.60. The maximum atomic E-state index is 14.7. The Morgan fingerprint density at radius 3 is 2.25 bits per heavy atom. The van der Waals surface area contributed by atoms with Crippen LogP contribution in [0.15, 0.2) is 102 Å². The van der Waals surface area contributed by atoms with Gasteiger partial charge in [0.05, 0.1) is 27.7 Å². The van der Waals surface area contributed by atoms with Crippen LogP contribution in [0.4, 0.5) is 5.69 Å². The summed E-state index contributed by atoms with van der Waals surface area (Å²) in [4.78, 5) is 30.3. The van der Waals surface area contributed by atoms with Gasteiger partial charge in [-0.1, -0.05) is 102 Å². The van der Waals surface area contributed by atoms with Gasteiger partial charge in [0, 0.05) is 19.0 Å². The van der Waals surface area contributed by atoms with E-state index < -0.39 is 28.5 Å². The van der Waals surface area contributed by atoms with E-state index in [0.29, 0.717) is 11.3 Å². The standard InChI is InChI=1S/C37H39Cl2N3O5S/c1-26-18-20-31(21-19-26)48(45,46)42(33-17-9-16-32(38)36(33)39)25-35(43)41(24-28-12-8-15-30(22-28)47-2)34(23-27-10-4-3-5-11-27)37(44)40-29-13-6-7-14-29/h3-5,8-12,15-22,29,34H,6-7,13-14,23-25H2,1-2H3,(H,40,44)/t34-/m0/s1. The molecule has 11 heteroatoms. The van der Waals surface area contributed by atoms with Crippen molar-refractivity contribution in [1.29, 1.82) is 0 Å². The zero-order valence-electron chi connectivity index (χ0n) is 26.9. The Kier molecular flexibility index (Phi) is 11.7. The predicted octanol–water partition coefficient (Wildman–Crippen LogP) is 7.20. The molecule has 1 atom stereocenters. The third-order valence-electron chi connectivity index (χ3n) is 8.55. The van der Waals surface area contributed by atoms with Crippen molar-refractivity contribution in [1.82, 2.24) is 10.2 Å². The van der Waals surface area contributed by atoms with Gasteiger partial charge >= 0.3 is 0 Å². The molecule has 48 heavy (non-hydrogen) atoms. The first-order valence-electron chi connectivity index (χ1n) is 15.9. The summed E-state index contributed by atoms with van der Waals surface area (Å²) in [5.41, 5.74) is 2.49. The highest BCUT2D eigenvalue weighted by atomic mass is 35.5. The number of nitrogens with zero attached hydrogens (tertiary/aromatic N) is 2. The molecular weight excluding hydrogens is 669 g/mol. The van der Waals surface area contributed by atoms with E-state index in [0.717, 1.165) is 41.1 Å². The fraction of sp³-hybridized carbons (Fsp3) is 0.297. The van der Waals surface area contributed by atoms with E-state index in [2.05, 4.69) is 5.32 Å². The number of halogens is 2. The molecule has 8 nitrogen and oxygen atoms in total. The number of sulfonamides is 1. The second kappa shape index (κ2) is 15.9. The van der Waals surface area contributed by atoms with Crippen LogP contribution in [0.25, 0.3) is 0 Å². The molecule has 0 bridgehead atoms. The molecule has 0 radical (unpaired) electrons. The van der Waals surface area contributed by atoms with E-state index in [-0.39, 0.29) is 45.5 Å². The molecule has 0 saturated heterocycles. The van der Waals surface area contributed by atoms with Crippen LogP contribution in [0.1, 0.15) is 42.4 Å². The summed E-state index contributed by atoms with van der Waals surface area (Å²) in [6.45, 7) is 1.24. The topological polar surface area (TPSA) is 96.0 Å². The molecule has 0 unspecified atom stereocenters. The lowest BCUT2D eigenvalue weighted by atomic mass is 10.0. The highest BCUT2D eigenvalue weighted by molar-refractivity contribution is 7.92. The third-order valence-corrected chi connectivity index (χ3v) is 11.1. The molecule has 0 aromatic heterocycles. The number of aryl methyl sites for hydroxylation is 1. The van der Waals surface area contributed by atoms with Crippen molar-refractivity contribution in [3.8, 4) is 5.75 Å². The van der Waals surface area contributed by atoms with Gasteiger partial charge in [-0.15, -0.1) is 0 Å². The molecule has 5 rings (SSSR count). The summed E-state index contributed by atoms with van der Waals surface area (Å²) in [5.74, 6) is -0.299. The molecule has 252 valence electrons. The molecule has 0 heterocycles. The number of methoxy groups -OCH3 is 1. The molecule has 4 aromatic rings. The SMILES string of the molecule is COc1cccc(CN(C(=O)CN(c2cccc(Cl)c2Cl)S(=O)(=O)c2ccc(C)cc2)[C@@H](Cc2ccccc2)C(=O)NC2CCCC2)c1. The first-order valence-corrected chi connectivity index (χ1v) is 18.1. The van der Waals surface area contributed by atoms with Crippen molar-refractivity contribution in [2.45, 2.75) is 62.6 Å². The summed E-state index contributed by atoms with van der Waals surface area (Å²) in [7, 11) is -2.77. The Balaban J connectivity index is 1.60. The van der Waals surface area contributed by atoms with E-state index in [1.165, 1.54) is 23.1 Å². The summed E-state index contributed by atoms with van der Waals surface area (Å²) in [6.07, 6.45) is 3.99. The normalized spacial score (nSPS) is 13.9. The number of rotatable bonds is 13.